The number of fused-ring (bicyclic) bond motifs is 1. The highest BCUT2D eigenvalue weighted by molar-refractivity contribution is 5.69. The van der Waals surface area contributed by atoms with E-state index in [9.17, 15) is 4.79 Å². The molecule has 0 unspecified atom stereocenters. The Bertz CT molecular complexity index is 1060. The summed E-state index contributed by atoms with van der Waals surface area (Å²) < 4.78 is 13.1. The number of nitrogens with zero attached hydrogens (tertiary/aromatic N) is 4. The largest absolute Gasteiger partial charge is 0.459 e. The van der Waals surface area contributed by atoms with Crippen LogP contribution in [0.1, 0.15) is 50.7 Å². The third-order valence-corrected chi connectivity index (χ3v) is 5.18. The minimum atomic E-state index is -0.359. The molecule has 0 saturated carbocycles. The summed E-state index contributed by atoms with van der Waals surface area (Å²) in [6, 6.07) is 7.73. The summed E-state index contributed by atoms with van der Waals surface area (Å²) in [5.74, 6) is 0.936. The maximum absolute atomic E-state index is 11.4. The number of benzene rings is 1. The molecule has 2 N–H and O–H groups in total. The molecule has 31 heavy (non-hydrogen) atoms. The van der Waals surface area contributed by atoms with Gasteiger partial charge in [-0.2, -0.15) is 19.6 Å². The van der Waals surface area contributed by atoms with Gasteiger partial charge in [0.25, 0.3) is 0 Å². The molecule has 4 rings (SSSR count). The second-order valence-electron chi connectivity index (χ2n) is 7.96. The van der Waals surface area contributed by atoms with Crippen LogP contribution >= 0.6 is 0 Å². The highest BCUT2D eigenvalue weighted by Crippen LogP contribution is 2.25. The number of hydrogen-bond donors (Lipinski definition) is 2. The van der Waals surface area contributed by atoms with Crippen molar-refractivity contribution >= 4 is 17.6 Å². The zero-order valence-corrected chi connectivity index (χ0v) is 18.1. The Hall–Kier alpha value is -3.20. The van der Waals surface area contributed by atoms with Crippen molar-refractivity contribution in [2.45, 2.75) is 52.2 Å². The lowest BCUT2D eigenvalue weighted by atomic mass is 10.1. The Morgan fingerprint density at radius 2 is 2.16 bits per heavy atom. The van der Waals surface area contributed by atoms with Crippen molar-refractivity contribution in [2.24, 2.45) is 0 Å². The van der Waals surface area contributed by atoms with Crippen LogP contribution in [0.3, 0.4) is 0 Å². The molecule has 1 saturated heterocycles. The third-order valence-electron chi connectivity index (χ3n) is 5.18. The van der Waals surface area contributed by atoms with Gasteiger partial charge in [-0.3, -0.25) is 4.79 Å². The SMILES string of the molecule is CC(=O)Oc1ccccc1CNc1nc(O[C@@H]2CCCNC2)nc2c(C(C)C)cnn12. The molecule has 9 heteroatoms. The fraction of sp³-hybridized carbons (Fsp3) is 0.455. The average Bonchev–Trinajstić information content (AvgIpc) is 3.18. The van der Waals surface area contributed by atoms with E-state index in [1.54, 1.807) is 10.6 Å². The maximum atomic E-state index is 11.4. The monoisotopic (exact) mass is 424 g/mol. The minimum absolute atomic E-state index is 0.0409. The summed E-state index contributed by atoms with van der Waals surface area (Å²) in [5.41, 5.74) is 2.58. The van der Waals surface area contributed by atoms with Crippen molar-refractivity contribution < 1.29 is 14.3 Å². The highest BCUT2D eigenvalue weighted by Gasteiger charge is 2.20. The Labute approximate surface area is 181 Å². The van der Waals surface area contributed by atoms with Crippen molar-refractivity contribution in [1.29, 1.82) is 0 Å². The molecule has 0 aliphatic carbocycles. The minimum Gasteiger partial charge on any atom is -0.459 e. The lowest BCUT2D eigenvalue weighted by Gasteiger charge is -2.23. The van der Waals surface area contributed by atoms with Crippen LogP contribution < -0.4 is 20.1 Å². The van der Waals surface area contributed by atoms with E-state index < -0.39 is 0 Å². The number of anilines is 1. The molecular weight excluding hydrogens is 396 g/mol. The van der Waals surface area contributed by atoms with Gasteiger partial charge in [0.1, 0.15) is 11.9 Å². The number of nitrogens with one attached hydrogen (secondary N) is 2. The fourth-order valence-corrected chi connectivity index (χ4v) is 3.60. The van der Waals surface area contributed by atoms with E-state index in [0.717, 1.165) is 42.7 Å². The topological polar surface area (TPSA) is 103 Å². The first-order valence-electron chi connectivity index (χ1n) is 10.6. The summed E-state index contributed by atoms with van der Waals surface area (Å²) in [5, 5.41) is 11.1. The number of esters is 1. The maximum Gasteiger partial charge on any atom is 0.322 e. The lowest BCUT2D eigenvalue weighted by Crippen LogP contribution is -2.37. The molecule has 0 amide bonds. The summed E-state index contributed by atoms with van der Waals surface area (Å²) in [4.78, 5) is 20.7. The van der Waals surface area contributed by atoms with Gasteiger partial charge in [-0.15, -0.1) is 0 Å². The first kappa shape index (κ1) is 21.0. The molecule has 1 aliphatic rings. The molecule has 3 heterocycles. The van der Waals surface area contributed by atoms with Gasteiger partial charge in [-0.25, -0.2) is 0 Å². The molecule has 164 valence electrons. The van der Waals surface area contributed by atoms with Crippen LogP contribution in [-0.4, -0.2) is 44.7 Å². The van der Waals surface area contributed by atoms with Crippen LogP contribution in [0.2, 0.25) is 0 Å². The number of carbonyl (C=O) groups excluding carboxylic acids is 1. The van der Waals surface area contributed by atoms with Gasteiger partial charge in [0.2, 0.25) is 5.95 Å². The van der Waals surface area contributed by atoms with Crippen molar-refractivity contribution in [1.82, 2.24) is 24.9 Å². The number of aromatic nitrogens is 4. The summed E-state index contributed by atoms with van der Waals surface area (Å²) >= 11 is 0. The van der Waals surface area contributed by atoms with Crippen LogP contribution in [0.15, 0.2) is 30.5 Å². The van der Waals surface area contributed by atoms with Gasteiger partial charge in [0.15, 0.2) is 5.65 Å². The predicted octanol–water partition coefficient (Wildman–Crippen LogP) is 2.92. The van der Waals surface area contributed by atoms with E-state index in [-0.39, 0.29) is 18.0 Å². The van der Waals surface area contributed by atoms with Crippen molar-refractivity contribution in [3.63, 3.8) is 0 Å². The first-order chi connectivity index (χ1) is 15.0. The van der Waals surface area contributed by atoms with Gasteiger partial charge >= 0.3 is 12.0 Å². The average molecular weight is 425 g/mol. The number of para-hydroxylation sites is 1. The lowest BCUT2D eigenvalue weighted by molar-refractivity contribution is -0.131. The standard InChI is InChI=1S/C22H28N6O3/c1-14(2)18-13-25-28-20(18)26-22(31-17-8-6-10-23-12-17)27-21(28)24-11-16-7-4-5-9-19(16)30-15(3)29/h4-5,7,9,13-14,17,23H,6,8,10-12H2,1-3H3,(H,24,26,27)/t17-/m1/s1. The van der Waals surface area contributed by atoms with Crippen LogP contribution in [0, 0.1) is 0 Å². The molecule has 3 aromatic rings. The van der Waals surface area contributed by atoms with E-state index in [4.69, 9.17) is 9.47 Å². The zero-order valence-electron chi connectivity index (χ0n) is 18.1. The molecule has 1 aromatic carbocycles. The molecule has 9 nitrogen and oxygen atoms in total. The zero-order chi connectivity index (χ0) is 21.8. The second-order valence-corrected chi connectivity index (χ2v) is 7.96. The van der Waals surface area contributed by atoms with Crippen molar-refractivity contribution in [2.75, 3.05) is 18.4 Å². The Balaban J connectivity index is 1.63. The van der Waals surface area contributed by atoms with E-state index >= 15 is 0 Å². The fourth-order valence-electron chi connectivity index (χ4n) is 3.60. The van der Waals surface area contributed by atoms with E-state index in [0.29, 0.717) is 24.3 Å². The Kier molecular flexibility index (Phi) is 6.31. The number of carbonyl (C=O) groups is 1. The highest BCUT2D eigenvalue weighted by atomic mass is 16.5. The smallest absolute Gasteiger partial charge is 0.322 e. The Morgan fingerprint density at radius 1 is 1.32 bits per heavy atom. The van der Waals surface area contributed by atoms with Gasteiger partial charge < -0.3 is 20.1 Å². The summed E-state index contributed by atoms with van der Waals surface area (Å²) in [7, 11) is 0. The van der Waals surface area contributed by atoms with Gasteiger partial charge in [-0.05, 0) is 31.4 Å². The third kappa shape index (κ3) is 4.93. The predicted molar refractivity (Wildman–Crippen MR) is 116 cm³/mol. The van der Waals surface area contributed by atoms with Crippen LogP contribution in [0.5, 0.6) is 11.8 Å². The summed E-state index contributed by atoms with van der Waals surface area (Å²) in [6.45, 7) is 7.79. The number of hydrogen-bond acceptors (Lipinski definition) is 8. The van der Waals surface area contributed by atoms with Crippen LogP contribution in [0.4, 0.5) is 5.95 Å². The molecule has 1 atom stereocenters. The molecular formula is C22H28N6O3. The molecule has 0 spiro atoms. The first-order valence-corrected chi connectivity index (χ1v) is 10.6. The summed E-state index contributed by atoms with van der Waals surface area (Å²) in [6.07, 6.45) is 3.89. The van der Waals surface area contributed by atoms with E-state index in [2.05, 4.69) is 39.5 Å². The van der Waals surface area contributed by atoms with Crippen molar-refractivity contribution in [3.8, 4) is 11.8 Å². The van der Waals surface area contributed by atoms with E-state index in [1.165, 1.54) is 6.92 Å². The Morgan fingerprint density at radius 3 is 2.90 bits per heavy atom. The van der Waals surface area contributed by atoms with E-state index in [1.807, 2.05) is 24.4 Å². The van der Waals surface area contributed by atoms with Crippen LogP contribution in [-0.2, 0) is 11.3 Å². The second kappa shape index (κ2) is 9.30. The molecule has 1 aliphatic heterocycles. The van der Waals surface area contributed by atoms with Crippen molar-refractivity contribution in [3.05, 3.63) is 41.6 Å². The normalized spacial score (nSPS) is 16.5. The van der Waals surface area contributed by atoms with Crippen LogP contribution in [0.25, 0.3) is 5.65 Å². The number of rotatable bonds is 7. The van der Waals surface area contributed by atoms with Gasteiger partial charge in [0.05, 0.1) is 6.20 Å². The van der Waals surface area contributed by atoms with Gasteiger partial charge in [0, 0.05) is 31.1 Å². The van der Waals surface area contributed by atoms with Gasteiger partial charge in [-0.1, -0.05) is 32.0 Å². The quantitative estimate of drug-likeness (QED) is 0.441. The number of ether oxygens (including phenoxy) is 2. The molecule has 0 bridgehead atoms. The molecule has 0 radical (unpaired) electrons. The number of piperidine rings is 1. The molecule has 1 fully saturated rings. The molecule has 2 aromatic heterocycles.